The topological polar surface area (TPSA) is 125 Å². The lowest BCUT2D eigenvalue weighted by Gasteiger charge is -2.20. The molecule has 0 aliphatic carbocycles. The molecular weight excluding hydrogens is 534 g/mol. The first-order valence-electron chi connectivity index (χ1n) is 11.3. The Morgan fingerprint density at radius 2 is 1.95 bits per heavy atom. The first-order chi connectivity index (χ1) is 17.6. The number of thioether (sulfide) groups is 1. The first-order valence-corrected chi connectivity index (χ1v) is 14.2. The monoisotopic (exact) mass is 559 g/mol. The zero-order valence-electron chi connectivity index (χ0n) is 19.9. The van der Waals surface area contributed by atoms with Gasteiger partial charge in [-0.05, 0) is 47.6 Å². The highest BCUT2D eigenvalue weighted by atomic mass is 32.2. The van der Waals surface area contributed by atoms with Crippen LogP contribution in [0, 0.1) is 4.77 Å². The molecule has 0 unspecified atom stereocenters. The normalized spacial score (nSPS) is 14.1. The lowest BCUT2D eigenvalue weighted by Crippen LogP contribution is -2.21. The van der Waals surface area contributed by atoms with Crippen molar-refractivity contribution in [2.75, 3.05) is 17.2 Å². The number of allylic oxidation sites excluding steroid dienone is 2. The summed E-state index contributed by atoms with van der Waals surface area (Å²) in [4.78, 5) is 14.0. The number of imidazole rings is 1. The summed E-state index contributed by atoms with van der Waals surface area (Å²) in [5, 5.41) is 22.5. The van der Waals surface area contributed by atoms with Crippen LogP contribution in [0.4, 0.5) is 5.69 Å². The van der Waals surface area contributed by atoms with Crippen LogP contribution < -0.4 is 4.90 Å². The molecule has 37 heavy (non-hydrogen) atoms. The highest BCUT2D eigenvalue weighted by molar-refractivity contribution is 8.04. The Hall–Kier alpha value is -3.28. The molecule has 1 aromatic heterocycles. The Balaban J connectivity index is 1.64. The average Bonchev–Trinajstić information content (AvgIpc) is 3.29. The molecule has 2 heterocycles. The van der Waals surface area contributed by atoms with Crippen LogP contribution in [0.3, 0.4) is 0 Å². The van der Waals surface area contributed by atoms with Crippen molar-refractivity contribution in [3.05, 3.63) is 69.8 Å². The van der Waals surface area contributed by atoms with Crippen molar-refractivity contribution in [1.82, 2.24) is 9.13 Å². The second-order valence-electron chi connectivity index (χ2n) is 8.36. The van der Waals surface area contributed by atoms with Gasteiger partial charge in [0, 0.05) is 31.1 Å². The summed E-state index contributed by atoms with van der Waals surface area (Å²) < 4.78 is 34.9. The molecule has 1 aliphatic heterocycles. The molecule has 0 atom stereocenters. The summed E-state index contributed by atoms with van der Waals surface area (Å²) in [6, 6.07) is 12.0. The summed E-state index contributed by atoms with van der Waals surface area (Å²) in [5.41, 5.74) is 4.37. The Morgan fingerprint density at radius 3 is 2.68 bits per heavy atom. The van der Waals surface area contributed by atoms with Gasteiger partial charge in [-0.2, -0.15) is 8.42 Å². The zero-order valence-corrected chi connectivity index (χ0v) is 22.3. The van der Waals surface area contributed by atoms with E-state index in [0.29, 0.717) is 17.0 Å². The number of carbonyl (C=O) groups is 1. The summed E-state index contributed by atoms with van der Waals surface area (Å²) in [6.07, 6.45) is 5.17. The highest BCUT2D eigenvalue weighted by Gasteiger charge is 2.26. The Morgan fingerprint density at radius 1 is 1.19 bits per heavy atom. The molecule has 3 aromatic rings. The molecule has 2 aromatic carbocycles. The maximum Gasteiger partial charge on any atom is 0.305 e. The lowest BCUT2D eigenvalue weighted by molar-refractivity contribution is -0.137. The number of hydrogen-bond donors (Lipinski definition) is 3. The fourth-order valence-electron chi connectivity index (χ4n) is 4.07. The standard InChI is InChI=1S/C25H25N3O6S3/c1-26-20(24(31)28(25(26)35)15-13-22(29)30)9-4-5-10-21-27(14-6-16-37(32,33)34)19-12-11-17-7-2-3-8-18(17)23(19)36-21/h2-3,5,7-12,31H,6,13-16H2,1H3,(H,29,30)(H,32,33,34). The van der Waals surface area contributed by atoms with Crippen LogP contribution in [0.2, 0.25) is 0 Å². The molecule has 0 fully saturated rings. The molecule has 12 heteroatoms. The van der Waals surface area contributed by atoms with Gasteiger partial charge in [-0.1, -0.05) is 42.1 Å². The van der Waals surface area contributed by atoms with Gasteiger partial charge in [0.15, 0.2) is 4.77 Å². The predicted octanol–water partition coefficient (Wildman–Crippen LogP) is 4.79. The number of anilines is 1. The molecule has 0 spiro atoms. The minimum Gasteiger partial charge on any atom is -0.493 e. The van der Waals surface area contributed by atoms with E-state index in [1.807, 2.05) is 47.4 Å². The Labute approximate surface area is 223 Å². The third kappa shape index (κ3) is 6.00. The summed E-state index contributed by atoms with van der Waals surface area (Å²) in [7, 11) is -2.39. The number of nitrogens with zero attached hydrogens (tertiary/aromatic N) is 3. The highest BCUT2D eigenvalue weighted by Crippen LogP contribution is 2.49. The van der Waals surface area contributed by atoms with Gasteiger partial charge in [-0.15, -0.1) is 5.73 Å². The molecule has 1 aliphatic rings. The van der Waals surface area contributed by atoms with E-state index in [0.717, 1.165) is 26.4 Å². The Kier molecular flexibility index (Phi) is 7.96. The third-order valence-electron chi connectivity index (χ3n) is 5.86. The van der Waals surface area contributed by atoms with Crippen LogP contribution >= 0.6 is 24.0 Å². The van der Waals surface area contributed by atoms with E-state index in [1.54, 1.807) is 35.5 Å². The third-order valence-corrected chi connectivity index (χ3v) is 8.36. The maximum atomic E-state index is 11.2. The molecule has 0 saturated heterocycles. The van der Waals surface area contributed by atoms with Crippen LogP contribution in [0.1, 0.15) is 18.5 Å². The summed E-state index contributed by atoms with van der Waals surface area (Å²) in [6.45, 7) is 0.444. The predicted molar refractivity (Wildman–Crippen MR) is 147 cm³/mol. The van der Waals surface area contributed by atoms with Crippen molar-refractivity contribution >= 4 is 62.6 Å². The van der Waals surface area contributed by atoms with Crippen LogP contribution in [-0.2, 0) is 28.5 Å². The molecule has 0 saturated carbocycles. The molecule has 0 amide bonds. The number of hydrogen-bond acceptors (Lipinski definition) is 7. The fourth-order valence-corrected chi connectivity index (χ4v) is 6.06. The zero-order chi connectivity index (χ0) is 26.7. The number of aliphatic carboxylic acids is 1. The van der Waals surface area contributed by atoms with E-state index in [2.05, 4.69) is 5.73 Å². The van der Waals surface area contributed by atoms with Gasteiger partial charge in [-0.25, -0.2) is 0 Å². The minimum atomic E-state index is -4.06. The minimum absolute atomic E-state index is 0.0524. The molecule has 0 radical (unpaired) electrons. The van der Waals surface area contributed by atoms with Crippen LogP contribution in [0.5, 0.6) is 5.88 Å². The van der Waals surface area contributed by atoms with Crippen LogP contribution in [0.15, 0.2) is 64.2 Å². The average molecular weight is 560 g/mol. The SMILES string of the molecule is Cn1c(C=C=CC=C2Sc3c(ccc4ccccc34)N2CCCS(=O)(=O)O)c(O)n(CCC(=O)O)c1=S. The van der Waals surface area contributed by atoms with E-state index in [-0.39, 0.29) is 31.0 Å². The number of benzene rings is 2. The van der Waals surface area contributed by atoms with Crippen LogP contribution in [-0.4, -0.2) is 50.6 Å². The summed E-state index contributed by atoms with van der Waals surface area (Å²) >= 11 is 6.87. The number of aromatic hydroxyl groups is 1. The molecule has 194 valence electrons. The van der Waals surface area contributed by atoms with Gasteiger partial charge >= 0.3 is 5.97 Å². The van der Waals surface area contributed by atoms with Crippen molar-refractivity contribution in [2.45, 2.75) is 24.3 Å². The molecular formula is C25H25N3O6S3. The van der Waals surface area contributed by atoms with E-state index >= 15 is 0 Å². The number of fused-ring (bicyclic) bond motifs is 3. The van der Waals surface area contributed by atoms with Crippen molar-refractivity contribution in [2.24, 2.45) is 7.05 Å². The largest absolute Gasteiger partial charge is 0.493 e. The smallest absolute Gasteiger partial charge is 0.305 e. The van der Waals surface area contributed by atoms with Crippen molar-refractivity contribution < 1.29 is 28.0 Å². The van der Waals surface area contributed by atoms with E-state index in [4.69, 9.17) is 21.9 Å². The Bertz CT molecular complexity index is 1630. The quantitative estimate of drug-likeness (QED) is 0.193. The van der Waals surface area contributed by atoms with E-state index < -0.39 is 16.1 Å². The molecule has 4 rings (SSSR count). The molecule has 9 nitrogen and oxygen atoms in total. The van der Waals surface area contributed by atoms with Gasteiger partial charge < -0.3 is 19.7 Å². The van der Waals surface area contributed by atoms with Gasteiger partial charge in [0.1, 0.15) is 5.69 Å². The van der Waals surface area contributed by atoms with Gasteiger partial charge in [-0.3, -0.25) is 13.9 Å². The molecule has 0 bridgehead atoms. The number of aromatic nitrogens is 2. The fraction of sp³-hybridized carbons (Fsp3) is 0.240. The first kappa shape index (κ1) is 26.8. The second kappa shape index (κ2) is 11.0. The van der Waals surface area contributed by atoms with Gasteiger partial charge in [0.25, 0.3) is 10.1 Å². The second-order valence-corrected chi connectivity index (χ2v) is 11.3. The van der Waals surface area contributed by atoms with Gasteiger partial charge in [0.2, 0.25) is 5.88 Å². The van der Waals surface area contributed by atoms with Crippen molar-refractivity contribution in [1.29, 1.82) is 0 Å². The van der Waals surface area contributed by atoms with Gasteiger partial charge in [0.05, 0.1) is 22.9 Å². The summed E-state index contributed by atoms with van der Waals surface area (Å²) in [5.74, 6) is -1.46. The number of rotatable bonds is 9. The molecule has 3 N–H and O–H groups in total. The number of carboxylic acids is 1. The number of carboxylic acid groups (broad SMARTS) is 1. The van der Waals surface area contributed by atoms with Crippen molar-refractivity contribution in [3.8, 4) is 5.88 Å². The maximum absolute atomic E-state index is 11.2. The lowest BCUT2D eigenvalue weighted by atomic mass is 10.1. The van der Waals surface area contributed by atoms with E-state index in [1.165, 1.54) is 4.57 Å². The van der Waals surface area contributed by atoms with Crippen molar-refractivity contribution in [3.63, 3.8) is 0 Å². The van der Waals surface area contributed by atoms with Crippen LogP contribution in [0.25, 0.3) is 16.8 Å². The van der Waals surface area contributed by atoms with E-state index in [9.17, 15) is 18.3 Å².